The third-order valence-corrected chi connectivity index (χ3v) is 2.38. The Bertz CT molecular complexity index is 452. The number of hydrogen-bond acceptors (Lipinski definition) is 3. The van der Waals surface area contributed by atoms with Crippen LogP contribution in [-0.2, 0) is 16.0 Å². The first-order chi connectivity index (χ1) is 8.49. The molecule has 0 radical (unpaired) electrons. The minimum Gasteiger partial charge on any atom is -0.481 e. The highest BCUT2D eigenvalue weighted by atomic mass is 16.4. The van der Waals surface area contributed by atoms with Gasteiger partial charge < -0.3 is 5.11 Å². The number of amides is 1. The summed E-state index contributed by atoms with van der Waals surface area (Å²) < 4.78 is 0. The molecular formula is C13H16N2O3. The quantitative estimate of drug-likeness (QED) is 0.611. The first-order valence-corrected chi connectivity index (χ1v) is 5.60. The molecule has 0 heterocycles. The first-order valence-electron chi connectivity index (χ1n) is 5.60. The van der Waals surface area contributed by atoms with Gasteiger partial charge in [0.1, 0.15) is 0 Å². The number of nitrogens with zero attached hydrogens (tertiary/aromatic N) is 1. The van der Waals surface area contributed by atoms with Crippen molar-refractivity contribution >= 4 is 18.1 Å². The molecule has 0 aromatic heterocycles. The largest absolute Gasteiger partial charge is 0.481 e. The number of hydrogen-bond donors (Lipinski definition) is 2. The van der Waals surface area contributed by atoms with E-state index in [9.17, 15) is 9.59 Å². The van der Waals surface area contributed by atoms with E-state index < -0.39 is 11.9 Å². The minimum absolute atomic E-state index is 0.224. The van der Waals surface area contributed by atoms with Crippen LogP contribution in [0.15, 0.2) is 29.4 Å². The van der Waals surface area contributed by atoms with Crippen molar-refractivity contribution in [1.29, 1.82) is 0 Å². The molecule has 0 bridgehead atoms. The summed E-state index contributed by atoms with van der Waals surface area (Å²) in [6.45, 7) is 3.06. The predicted octanol–water partition coefficient (Wildman–Crippen LogP) is 1.42. The number of carboxylic acid groups (broad SMARTS) is 1. The molecule has 1 rings (SSSR count). The van der Waals surface area contributed by atoms with Gasteiger partial charge >= 0.3 is 5.97 Å². The fraction of sp³-hybridized carbons (Fsp3) is 0.308. The first kappa shape index (κ1) is 13.9. The number of carboxylic acids is 1. The van der Waals surface area contributed by atoms with Crippen LogP contribution in [0, 0.1) is 5.92 Å². The van der Waals surface area contributed by atoms with Gasteiger partial charge in [-0.15, -0.1) is 0 Å². The van der Waals surface area contributed by atoms with Crippen molar-refractivity contribution in [2.24, 2.45) is 11.0 Å². The van der Waals surface area contributed by atoms with Gasteiger partial charge in [0, 0.05) is 6.92 Å². The number of hydrazone groups is 1. The molecule has 96 valence electrons. The summed E-state index contributed by atoms with van der Waals surface area (Å²) in [5.74, 6) is -1.42. The van der Waals surface area contributed by atoms with Crippen molar-refractivity contribution in [3.05, 3.63) is 35.4 Å². The average molecular weight is 248 g/mol. The molecule has 0 fully saturated rings. The van der Waals surface area contributed by atoms with Crippen LogP contribution in [0.25, 0.3) is 0 Å². The van der Waals surface area contributed by atoms with Crippen LogP contribution >= 0.6 is 0 Å². The van der Waals surface area contributed by atoms with E-state index >= 15 is 0 Å². The van der Waals surface area contributed by atoms with Crippen molar-refractivity contribution in [3.8, 4) is 0 Å². The van der Waals surface area contributed by atoms with Gasteiger partial charge in [-0.3, -0.25) is 9.59 Å². The zero-order valence-corrected chi connectivity index (χ0v) is 10.4. The number of aliphatic carboxylic acids is 1. The lowest BCUT2D eigenvalue weighted by molar-refractivity contribution is -0.141. The number of carbonyl (C=O) groups is 2. The summed E-state index contributed by atoms with van der Waals surface area (Å²) in [6.07, 6.45) is 2.03. The normalized spacial score (nSPS) is 12.3. The molecule has 0 aliphatic carbocycles. The van der Waals surface area contributed by atoms with Crippen LogP contribution < -0.4 is 5.43 Å². The Kier molecular flexibility index (Phi) is 5.05. The predicted molar refractivity (Wildman–Crippen MR) is 68.4 cm³/mol. The smallest absolute Gasteiger partial charge is 0.306 e. The fourth-order valence-electron chi connectivity index (χ4n) is 1.38. The van der Waals surface area contributed by atoms with Gasteiger partial charge in [0.15, 0.2) is 0 Å². The lowest BCUT2D eigenvalue weighted by Crippen LogP contribution is -2.12. The Hall–Kier alpha value is -2.17. The van der Waals surface area contributed by atoms with Crippen LogP contribution in [0.2, 0.25) is 0 Å². The molecule has 0 saturated heterocycles. The molecule has 5 nitrogen and oxygen atoms in total. The zero-order chi connectivity index (χ0) is 13.5. The molecule has 0 aliphatic heterocycles. The van der Waals surface area contributed by atoms with Gasteiger partial charge in [0.25, 0.3) is 0 Å². The average Bonchev–Trinajstić information content (AvgIpc) is 2.30. The maximum Gasteiger partial charge on any atom is 0.306 e. The maximum absolute atomic E-state index is 10.7. The summed E-state index contributed by atoms with van der Waals surface area (Å²) >= 11 is 0. The molecule has 0 spiro atoms. The highest BCUT2D eigenvalue weighted by Crippen LogP contribution is 2.09. The van der Waals surface area contributed by atoms with E-state index in [0.717, 1.165) is 11.1 Å². The van der Waals surface area contributed by atoms with Gasteiger partial charge in [-0.05, 0) is 17.5 Å². The van der Waals surface area contributed by atoms with Crippen LogP contribution in [0.5, 0.6) is 0 Å². The molecule has 1 aromatic rings. The van der Waals surface area contributed by atoms with Gasteiger partial charge in [0.2, 0.25) is 5.91 Å². The summed E-state index contributed by atoms with van der Waals surface area (Å²) in [5, 5.41) is 12.5. The van der Waals surface area contributed by atoms with Crippen molar-refractivity contribution in [1.82, 2.24) is 5.43 Å². The van der Waals surface area contributed by atoms with Crippen molar-refractivity contribution < 1.29 is 14.7 Å². The molecular weight excluding hydrogens is 232 g/mol. The van der Waals surface area contributed by atoms with E-state index in [4.69, 9.17) is 5.11 Å². The molecule has 1 atom stereocenters. The minimum atomic E-state index is -0.800. The Labute approximate surface area is 106 Å². The Morgan fingerprint density at radius 2 is 2.00 bits per heavy atom. The Morgan fingerprint density at radius 1 is 1.39 bits per heavy atom. The van der Waals surface area contributed by atoms with Crippen molar-refractivity contribution in [2.45, 2.75) is 20.3 Å². The van der Waals surface area contributed by atoms with E-state index in [2.05, 4.69) is 10.5 Å². The summed E-state index contributed by atoms with van der Waals surface area (Å²) in [6, 6.07) is 7.37. The zero-order valence-electron chi connectivity index (χ0n) is 10.4. The second-order valence-electron chi connectivity index (χ2n) is 4.11. The Balaban J connectivity index is 2.60. The molecule has 1 aromatic carbocycles. The monoisotopic (exact) mass is 248 g/mol. The number of benzene rings is 1. The van der Waals surface area contributed by atoms with E-state index in [1.807, 2.05) is 24.3 Å². The topological polar surface area (TPSA) is 78.8 Å². The molecule has 5 heteroatoms. The van der Waals surface area contributed by atoms with Gasteiger partial charge in [0.05, 0.1) is 12.1 Å². The molecule has 0 saturated carbocycles. The van der Waals surface area contributed by atoms with E-state index in [1.165, 1.54) is 13.1 Å². The highest BCUT2D eigenvalue weighted by molar-refractivity contribution is 5.81. The molecule has 1 unspecified atom stereocenters. The van der Waals surface area contributed by atoms with Crippen LogP contribution in [0.3, 0.4) is 0 Å². The maximum atomic E-state index is 10.7. The second kappa shape index (κ2) is 6.54. The standard InChI is InChI=1S/C13H16N2O3/c1-9(13(17)18)7-11-3-5-12(6-4-11)8-14-15-10(2)16/h3-6,8-9H,7H2,1-2H3,(H,15,16)(H,17,18)/b14-8+. The van der Waals surface area contributed by atoms with Gasteiger partial charge in [-0.1, -0.05) is 31.2 Å². The SMILES string of the molecule is CC(=O)N/N=C/c1ccc(CC(C)C(=O)O)cc1. The summed E-state index contributed by atoms with van der Waals surface area (Å²) in [5.41, 5.74) is 4.11. The van der Waals surface area contributed by atoms with Crippen LogP contribution in [0.1, 0.15) is 25.0 Å². The summed E-state index contributed by atoms with van der Waals surface area (Å²) in [4.78, 5) is 21.3. The van der Waals surface area contributed by atoms with Crippen molar-refractivity contribution in [2.75, 3.05) is 0 Å². The number of nitrogens with one attached hydrogen (secondary N) is 1. The highest BCUT2D eigenvalue weighted by Gasteiger charge is 2.10. The Morgan fingerprint density at radius 3 is 2.50 bits per heavy atom. The van der Waals surface area contributed by atoms with Gasteiger partial charge in [-0.25, -0.2) is 5.43 Å². The second-order valence-corrected chi connectivity index (χ2v) is 4.11. The molecule has 0 aliphatic rings. The van der Waals surface area contributed by atoms with Crippen LogP contribution in [0.4, 0.5) is 0 Å². The third-order valence-electron chi connectivity index (χ3n) is 2.38. The molecule has 1 amide bonds. The summed E-state index contributed by atoms with van der Waals surface area (Å²) in [7, 11) is 0. The number of rotatable bonds is 5. The van der Waals surface area contributed by atoms with Crippen LogP contribution in [-0.4, -0.2) is 23.2 Å². The van der Waals surface area contributed by atoms with Gasteiger partial charge in [-0.2, -0.15) is 5.10 Å². The third kappa shape index (κ3) is 4.78. The molecule has 2 N–H and O–H groups in total. The van der Waals surface area contributed by atoms with E-state index in [0.29, 0.717) is 6.42 Å². The molecule has 18 heavy (non-hydrogen) atoms. The fourth-order valence-corrected chi connectivity index (χ4v) is 1.38. The van der Waals surface area contributed by atoms with Crippen molar-refractivity contribution in [3.63, 3.8) is 0 Å². The number of carbonyl (C=O) groups excluding carboxylic acids is 1. The van der Waals surface area contributed by atoms with E-state index in [1.54, 1.807) is 6.92 Å². The lowest BCUT2D eigenvalue weighted by Gasteiger charge is -2.06. The lowest BCUT2D eigenvalue weighted by atomic mass is 10.0. The van der Waals surface area contributed by atoms with E-state index in [-0.39, 0.29) is 5.91 Å².